The van der Waals surface area contributed by atoms with Crippen LogP contribution in [0.5, 0.6) is 0 Å². The smallest absolute Gasteiger partial charge is 0.257 e. The summed E-state index contributed by atoms with van der Waals surface area (Å²) in [6.07, 6.45) is 1.16. The lowest BCUT2D eigenvalue weighted by Crippen LogP contribution is -2.43. The number of hydrogen-bond acceptors (Lipinski definition) is 2. The molecule has 2 amide bonds. The Kier molecular flexibility index (Phi) is 4.55. The minimum atomic E-state index is -0.922. The Morgan fingerprint density at radius 1 is 1.08 bits per heavy atom. The lowest BCUT2D eigenvalue weighted by Gasteiger charge is -2.24. The summed E-state index contributed by atoms with van der Waals surface area (Å²) in [6, 6.07) is 11.1. The Hall–Kier alpha value is -2.76. The number of rotatable bonds is 3. The molecule has 3 rings (SSSR count). The summed E-state index contributed by atoms with van der Waals surface area (Å²) in [5, 5.41) is 2.76. The Labute approximate surface area is 138 Å². The molecule has 1 atom stereocenters. The molecule has 1 heterocycles. The highest BCUT2D eigenvalue weighted by molar-refractivity contribution is 6.01. The van der Waals surface area contributed by atoms with E-state index in [1.807, 2.05) is 6.07 Å². The van der Waals surface area contributed by atoms with E-state index in [2.05, 4.69) is 5.32 Å². The lowest BCUT2D eigenvalue weighted by molar-refractivity contribution is -0.119. The Balaban J connectivity index is 1.77. The highest BCUT2D eigenvalue weighted by Gasteiger charge is 2.35. The van der Waals surface area contributed by atoms with Crippen molar-refractivity contribution in [3.05, 3.63) is 65.7 Å². The van der Waals surface area contributed by atoms with Gasteiger partial charge in [-0.15, -0.1) is 0 Å². The van der Waals surface area contributed by atoms with Crippen LogP contribution in [0.2, 0.25) is 0 Å². The molecule has 0 spiro atoms. The maximum Gasteiger partial charge on any atom is 0.257 e. The van der Waals surface area contributed by atoms with Gasteiger partial charge in [0.1, 0.15) is 17.7 Å². The van der Waals surface area contributed by atoms with Crippen LogP contribution in [0.3, 0.4) is 0 Å². The maximum absolute atomic E-state index is 13.8. The number of amides is 2. The molecule has 1 aliphatic rings. The molecule has 2 aromatic carbocycles. The number of hydrogen-bond donors (Lipinski definition) is 1. The molecule has 1 N–H and O–H groups in total. The first-order valence-corrected chi connectivity index (χ1v) is 7.68. The zero-order chi connectivity index (χ0) is 17.1. The van der Waals surface area contributed by atoms with E-state index in [1.165, 1.54) is 4.90 Å². The number of benzene rings is 2. The van der Waals surface area contributed by atoms with Crippen molar-refractivity contribution in [2.75, 3.05) is 11.9 Å². The molecule has 0 aromatic heterocycles. The number of carbonyl (C=O) groups is 2. The fourth-order valence-corrected chi connectivity index (χ4v) is 2.85. The van der Waals surface area contributed by atoms with E-state index in [1.54, 1.807) is 24.3 Å². The van der Waals surface area contributed by atoms with Gasteiger partial charge in [0.05, 0.1) is 5.56 Å². The van der Waals surface area contributed by atoms with Crippen molar-refractivity contribution in [2.24, 2.45) is 0 Å². The molecule has 6 heteroatoms. The summed E-state index contributed by atoms with van der Waals surface area (Å²) >= 11 is 0. The van der Waals surface area contributed by atoms with Gasteiger partial charge < -0.3 is 10.2 Å². The molecule has 1 aliphatic heterocycles. The van der Waals surface area contributed by atoms with E-state index in [-0.39, 0.29) is 11.5 Å². The summed E-state index contributed by atoms with van der Waals surface area (Å²) in [5.41, 5.74) is 0.408. The molecule has 124 valence electrons. The van der Waals surface area contributed by atoms with Gasteiger partial charge in [-0.3, -0.25) is 9.59 Å². The number of nitrogens with one attached hydrogen (secondary N) is 1. The van der Waals surface area contributed by atoms with Gasteiger partial charge in [0.2, 0.25) is 5.91 Å². The van der Waals surface area contributed by atoms with Crippen molar-refractivity contribution in [3.8, 4) is 0 Å². The van der Waals surface area contributed by atoms with Crippen LogP contribution in [0.25, 0.3) is 0 Å². The number of carbonyl (C=O) groups excluding carboxylic acids is 2. The van der Waals surface area contributed by atoms with Crippen molar-refractivity contribution < 1.29 is 18.4 Å². The van der Waals surface area contributed by atoms with E-state index >= 15 is 0 Å². The van der Waals surface area contributed by atoms with E-state index in [4.69, 9.17) is 0 Å². The molecular formula is C18H16F2N2O2. The van der Waals surface area contributed by atoms with Crippen LogP contribution >= 0.6 is 0 Å². The third-order valence-electron chi connectivity index (χ3n) is 4.02. The topological polar surface area (TPSA) is 49.4 Å². The summed E-state index contributed by atoms with van der Waals surface area (Å²) in [7, 11) is 0. The maximum atomic E-state index is 13.8. The molecule has 24 heavy (non-hydrogen) atoms. The minimum Gasteiger partial charge on any atom is -0.327 e. The zero-order valence-electron chi connectivity index (χ0n) is 12.8. The number of para-hydroxylation sites is 1. The van der Waals surface area contributed by atoms with Crippen molar-refractivity contribution in [1.29, 1.82) is 0 Å². The van der Waals surface area contributed by atoms with Crippen LogP contribution in [0.4, 0.5) is 14.5 Å². The third kappa shape index (κ3) is 3.27. The van der Waals surface area contributed by atoms with Crippen LogP contribution in [-0.4, -0.2) is 29.3 Å². The van der Waals surface area contributed by atoms with Crippen LogP contribution in [0, 0.1) is 11.6 Å². The second-order valence-electron chi connectivity index (χ2n) is 5.64. The largest absolute Gasteiger partial charge is 0.327 e. The van der Waals surface area contributed by atoms with Gasteiger partial charge in [0, 0.05) is 18.3 Å². The van der Waals surface area contributed by atoms with Gasteiger partial charge >= 0.3 is 0 Å². The number of anilines is 1. The normalized spacial score (nSPS) is 16.9. The van der Waals surface area contributed by atoms with Gasteiger partial charge in [-0.25, -0.2) is 8.78 Å². The highest BCUT2D eigenvalue weighted by atomic mass is 19.1. The molecule has 0 aliphatic carbocycles. The summed E-state index contributed by atoms with van der Waals surface area (Å²) in [6.45, 7) is 0.364. The lowest BCUT2D eigenvalue weighted by atomic mass is 10.1. The van der Waals surface area contributed by atoms with Crippen LogP contribution < -0.4 is 5.32 Å². The summed E-state index contributed by atoms with van der Waals surface area (Å²) < 4.78 is 26.8. The SMILES string of the molecule is O=C(Nc1ccccc1)[C@H]1CCCN1C(=O)c1ccc(F)cc1F. The predicted octanol–water partition coefficient (Wildman–Crippen LogP) is 3.21. The van der Waals surface area contributed by atoms with E-state index in [0.29, 0.717) is 31.1 Å². The quantitative estimate of drug-likeness (QED) is 0.939. The highest BCUT2D eigenvalue weighted by Crippen LogP contribution is 2.23. The number of likely N-dealkylation sites (tertiary alicyclic amines) is 1. The van der Waals surface area contributed by atoms with E-state index in [9.17, 15) is 18.4 Å². The molecule has 4 nitrogen and oxygen atoms in total. The Morgan fingerprint density at radius 3 is 2.54 bits per heavy atom. The van der Waals surface area contributed by atoms with Crippen LogP contribution in [-0.2, 0) is 4.79 Å². The average Bonchev–Trinajstić information content (AvgIpc) is 3.05. The summed E-state index contributed by atoms with van der Waals surface area (Å²) in [4.78, 5) is 26.3. The van der Waals surface area contributed by atoms with E-state index < -0.39 is 23.6 Å². The Morgan fingerprint density at radius 2 is 1.83 bits per heavy atom. The molecule has 1 saturated heterocycles. The average molecular weight is 330 g/mol. The van der Waals surface area contributed by atoms with Crippen LogP contribution in [0.15, 0.2) is 48.5 Å². The van der Waals surface area contributed by atoms with E-state index in [0.717, 1.165) is 12.1 Å². The molecule has 0 unspecified atom stereocenters. The van der Waals surface area contributed by atoms with Crippen molar-refractivity contribution >= 4 is 17.5 Å². The molecule has 0 saturated carbocycles. The molecular weight excluding hydrogens is 314 g/mol. The van der Waals surface area contributed by atoms with Crippen molar-refractivity contribution in [3.63, 3.8) is 0 Å². The van der Waals surface area contributed by atoms with Gasteiger partial charge in [-0.05, 0) is 37.1 Å². The first-order chi connectivity index (χ1) is 11.6. The predicted molar refractivity (Wildman–Crippen MR) is 85.5 cm³/mol. The molecule has 0 bridgehead atoms. The van der Waals surface area contributed by atoms with Crippen molar-refractivity contribution in [1.82, 2.24) is 4.90 Å². The minimum absolute atomic E-state index is 0.226. The van der Waals surface area contributed by atoms with Gasteiger partial charge in [0.15, 0.2) is 0 Å². The fraction of sp³-hybridized carbons (Fsp3) is 0.222. The first kappa shape index (κ1) is 16.1. The fourth-order valence-electron chi connectivity index (χ4n) is 2.85. The number of halogens is 2. The summed E-state index contributed by atoms with van der Waals surface area (Å²) in [5.74, 6) is -2.58. The second kappa shape index (κ2) is 6.78. The van der Waals surface area contributed by atoms with Gasteiger partial charge in [-0.2, -0.15) is 0 Å². The van der Waals surface area contributed by atoms with Gasteiger partial charge in [-0.1, -0.05) is 18.2 Å². The second-order valence-corrected chi connectivity index (χ2v) is 5.64. The molecule has 0 radical (unpaired) electrons. The van der Waals surface area contributed by atoms with Gasteiger partial charge in [0.25, 0.3) is 5.91 Å². The number of nitrogens with zero attached hydrogens (tertiary/aromatic N) is 1. The standard InChI is InChI=1S/C18H16F2N2O2/c19-12-8-9-14(15(20)11-12)18(24)22-10-4-7-16(22)17(23)21-13-5-2-1-3-6-13/h1-3,5-6,8-9,11,16H,4,7,10H2,(H,21,23)/t16-/m1/s1. The molecule has 1 fully saturated rings. The Bertz CT molecular complexity index is 765. The monoisotopic (exact) mass is 330 g/mol. The zero-order valence-corrected chi connectivity index (χ0v) is 12.8. The van der Waals surface area contributed by atoms with Crippen molar-refractivity contribution in [2.45, 2.75) is 18.9 Å². The molecule has 2 aromatic rings. The third-order valence-corrected chi connectivity index (χ3v) is 4.02. The van der Waals surface area contributed by atoms with Crippen LogP contribution in [0.1, 0.15) is 23.2 Å². The first-order valence-electron chi connectivity index (χ1n) is 7.68.